The average Bonchev–Trinajstić information content (AvgIpc) is 2.93. The summed E-state index contributed by atoms with van der Waals surface area (Å²) >= 11 is 0. The van der Waals surface area contributed by atoms with Crippen LogP contribution >= 0.6 is 0 Å². The molecule has 40 heavy (non-hydrogen) atoms. The Bertz CT molecular complexity index is 1490. The molecule has 0 saturated heterocycles. The van der Waals surface area contributed by atoms with E-state index in [4.69, 9.17) is 9.47 Å². The van der Waals surface area contributed by atoms with Gasteiger partial charge in [0, 0.05) is 25.1 Å². The number of ether oxygens (including phenoxy) is 2. The summed E-state index contributed by atoms with van der Waals surface area (Å²) in [6, 6.07) is 18.7. The lowest BCUT2D eigenvalue weighted by atomic mass is 10.1. The van der Waals surface area contributed by atoms with Crippen LogP contribution in [0.3, 0.4) is 0 Å². The van der Waals surface area contributed by atoms with Gasteiger partial charge < -0.3 is 25.4 Å². The molecule has 2 heterocycles. The summed E-state index contributed by atoms with van der Waals surface area (Å²) in [6.45, 7) is 7.15. The molecule has 1 atom stereocenters. The highest BCUT2D eigenvalue weighted by atomic mass is 16.6. The van der Waals surface area contributed by atoms with Crippen molar-refractivity contribution in [1.82, 2.24) is 20.3 Å². The van der Waals surface area contributed by atoms with Crippen molar-refractivity contribution in [3.63, 3.8) is 0 Å². The first-order valence-corrected chi connectivity index (χ1v) is 12.7. The maximum absolute atomic E-state index is 13.3. The average molecular weight is 541 g/mol. The van der Waals surface area contributed by atoms with Gasteiger partial charge in [0.2, 0.25) is 11.8 Å². The van der Waals surface area contributed by atoms with E-state index in [-0.39, 0.29) is 0 Å². The van der Waals surface area contributed by atoms with Gasteiger partial charge in [0.05, 0.1) is 11.3 Å². The normalized spacial score (nSPS) is 11.7. The third-order valence-electron chi connectivity index (χ3n) is 5.63. The summed E-state index contributed by atoms with van der Waals surface area (Å²) in [7, 11) is 1.75. The zero-order valence-corrected chi connectivity index (χ0v) is 23.1. The van der Waals surface area contributed by atoms with Crippen molar-refractivity contribution in [2.45, 2.75) is 39.3 Å². The van der Waals surface area contributed by atoms with Gasteiger partial charge in [-0.25, -0.2) is 19.7 Å². The minimum atomic E-state index is -0.960. The molecule has 0 bridgehead atoms. The SMILES string of the molecule is CNc1nccc(-c2cccnc2Oc2ccc(NC(=O)C(NC(=O)OC(C)(C)C)c3ccccc3)cc2C)n1. The fourth-order valence-electron chi connectivity index (χ4n) is 3.83. The maximum Gasteiger partial charge on any atom is 0.408 e. The molecule has 2 aromatic heterocycles. The first-order valence-electron chi connectivity index (χ1n) is 12.7. The lowest BCUT2D eigenvalue weighted by Gasteiger charge is -2.23. The number of rotatable bonds is 8. The first-order chi connectivity index (χ1) is 19.1. The van der Waals surface area contributed by atoms with Gasteiger partial charge >= 0.3 is 6.09 Å². The molecule has 1 unspecified atom stereocenters. The van der Waals surface area contributed by atoms with E-state index in [0.29, 0.717) is 40.1 Å². The van der Waals surface area contributed by atoms with E-state index in [9.17, 15) is 9.59 Å². The number of nitrogens with one attached hydrogen (secondary N) is 3. The van der Waals surface area contributed by atoms with Gasteiger partial charge in [0.25, 0.3) is 5.91 Å². The largest absolute Gasteiger partial charge is 0.444 e. The molecule has 10 heteroatoms. The number of aryl methyl sites for hydroxylation is 1. The minimum Gasteiger partial charge on any atom is -0.444 e. The summed E-state index contributed by atoms with van der Waals surface area (Å²) in [4.78, 5) is 38.9. The van der Waals surface area contributed by atoms with Gasteiger partial charge in [-0.05, 0) is 75.2 Å². The van der Waals surface area contributed by atoms with E-state index in [1.807, 2.05) is 25.1 Å². The summed E-state index contributed by atoms with van der Waals surface area (Å²) in [6.07, 6.45) is 2.62. The monoisotopic (exact) mass is 540 g/mol. The number of carbonyl (C=O) groups excluding carboxylic acids is 2. The van der Waals surface area contributed by atoms with Crippen LogP contribution in [0.5, 0.6) is 11.6 Å². The molecule has 0 aliphatic heterocycles. The van der Waals surface area contributed by atoms with Crippen molar-refractivity contribution >= 4 is 23.6 Å². The molecular formula is C30H32N6O4. The molecule has 2 aromatic carbocycles. The lowest BCUT2D eigenvalue weighted by Crippen LogP contribution is -2.40. The number of hydrogen-bond acceptors (Lipinski definition) is 8. The van der Waals surface area contributed by atoms with Gasteiger partial charge in [-0.15, -0.1) is 0 Å². The van der Waals surface area contributed by atoms with Gasteiger partial charge in [-0.1, -0.05) is 30.3 Å². The predicted molar refractivity (Wildman–Crippen MR) is 153 cm³/mol. The quantitative estimate of drug-likeness (QED) is 0.253. The lowest BCUT2D eigenvalue weighted by molar-refractivity contribution is -0.118. The third kappa shape index (κ3) is 7.31. The second-order valence-corrected chi connectivity index (χ2v) is 9.93. The van der Waals surface area contributed by atoms with Crippen molar-refractivity contribution in [3.05, 3.63) is 90.3 Å². The van der Waals surface area contributed by atoms with E-state index >= 15 is 0 Å². The van der Waals surface area contributed by atoms with Crippen molar-refractivity contribution < 1.29 is 19.1 Å². The highest BCUT2D eigenvalue weighted by Crippen LogP contribution is 2.33. The fourth-order valence-corrected chi connectivity index (χ4v) is 3.83. The second-order valence-electron chi connectivity index (χ2n) is 9.93. The topological polar surface area (TPSA) is 127 Å². The Morgan fingerprint density at radius 1 is 0.925 bits per heavy atom. The molecule has 0 aliphatic carbocycles. The molecule has 3 N–H and O–H groups in total. The van der Waals surface area contributed by atoms with Gasteiger partial charge in [-0.3, -0.25) is 4.79 Å². The van der Waals surface area contributed by atoms with Crippen LogP contribution in [0.1, 0.15) is 37.9 Å². The highest BCUT2D eigenvalue weighted by Gasteiger charge is 2.26. The fraction of sp³-hybridized carbons (Fsp3) is 0.233. The molecule has 0 aliphatic rings. The zero-order chi connectivity index (χ0) is 28.7. The minimum absolute atomic E-state index is 0.383. The molecule has 0 fully saturated rings. The van der Waals surface area contributed by atoms with Crippen LogP contribution in [0.2, 0.25) is 0 Å². The number of alkyl carbamates (subject to hydrolysis) is 1. The standard InChI is InChI=1S/C30H32N6O4/c1-19-18-21(34-26(37)25(20-10-7-6-8-11-20)36-29(38)40-30(2,3)4)13-14-24(19)39-27-22(12-9-16-32-27)23-15-17-33-28(31-5)35-23/h6-18,25H,1-5H3,(H,34,37)(H,36,38)(H,31,33,35). The van der Waals surface area contributed by atoms with E-state index < -0.39 is 23.6 Å². The van der Waals surface area contributed by atoms with Crippen LogP contribution in [0.15, 0.2) is 79.1 Å². The molecule has 206 valence electrons. The molecule has 0 radical (unpaired) electrons. The van der Waals surface area contributed by atoms with Gasteiger partial charge in [0.1, 0.15) is 17.4 Å². The van der Waals surface area contributed by atoms with Crippen LogP contribution in [0.4, 0.5) is 16.4 Å². The number of aromatic nitrogens is 3. The number of anilines is 2. The Labute approximate surface area is 233 Å². The van der Waals surface area contributed by atoms with E-state index in [1.54, 1.807) is 88.7 Å². The number of nitrogens with zero attached hydrogens (tertiary/aromatic N) is 3. The van der Waals surface area contributed by atoms with Crippen molar-refractivity contribution in [1.29, 1.82) is 0 Å². The highest BCUT2D eigenvalue weighted by molar-refractivity contribution is 5.97. The molecule has 0 spiro atoms. The van der Waals surface area contributed by atoms with E-state index in [2.05, 4.69) is 30.9 Å². The first kappa shape index (κ1) is 28.0. The van der Waals surface area contributed by atoms with Gasteiger partial charge in [0.15, 0.2) is 0 Å². The molecule has 4 aromatic rings. The summed E-state index contributed by atoms with van der Waals surface area (Å²) in [5.74, 6) is 1.01. The van der Waals surface area contributed by atoms with Crippen LogP contribution in [0.25, 0.3) is 11.3 Å². The molecule has 2 amide bonds. The molecule has 0 saturated carbocycles. The molecule has 10 nitrogen and oxygen atoms in total. The third-order valence-corrected chi connectivity index (χ3v) is 5.63. The van der Waals surface area contributed by atoms with Gasteiger partial charge in [-0.2, -0.15) is 0 Å². The van der Waals surface area contributed by atoms with Crippen LogP contribution in [-0.4, -0.2) is 39.6 Å². The molecular weight excluding hydrogens is 508 g/mol. The Morgan fingerprint density at radius 3 is 2.40 bits per heavy atom. The van der Waals surface area contributed by atoms with Crippen molar-refractivity contribution in [2.24, 2.45) is 0 Å². The number of pyridine rings is 1. The number of benzene rings is 2. The smallest absolute Gasteiger partial charge is 0.408 e. The van der Waals surface area contributed by atoms with Crippen LogP contribution in [-0.2, 0) is 9.53 Å². The summed E-state index contributed by atoms with van der Waals surface area (Å²) in [5.41, 5.74) is 2.59. The Kier molecular flexibility index (Phi) is 8.58. The molecule has 4 rings (SSSR count). The van der Waals surface area contributed by atoms with Crippen molar-refractivity contribution in [2.75, 3.05) is 17.7 Å². The summed E-state index contributed by atoms with van der Waals surface area (Å²) < 4.78 is 11.5. The Morgan fingerprint density at radius 2 is 1.70 bits per heavy atom. The second kappa shape index (κ2) is 12.2. The number of amides is 2. The number of hydrogen-bond donors (Lipinski definition) is 3. The van der Waals surface area contributed by atoms with Crippen molar-refractivity contribution in [3.8, 4) is 22.9 Å². The predicted octanol–water partition coefficient (Wildman–Crippen LogP) is 5.89. The maximum atomic E-state index is 13.3. The van der Waals surface area contributed by atoms with Crippen LogP contribution in [0, 0.1) is 6.92 Å². The number of carbonyl (C=O) groups is 2. The Hall–Kier alpha value is -4.99. The van der Waals surface area contributed by atoms with E-state index in [0.717, 1.165) is 5.56 Å². The Balaban J connectivity index is 1.53. The van der Waals surface area contributed by atoms with Crippen LogP contribution < -0.4 is 20.7 Å². The summed E-state index contributed by atoms with van der Waals surface area (Å²) in [5, 5.41) is 8.49. The zero-order valence-electron chi connectivity index (χ0n) is 23.1. The van der Waals surface area contributed by atoms with E-state index in [1.165, 1.54) is 0 Å².